The zero-order valence-electron chi connectivity index (χ0n) is 14.9. The van der Waals surface area contributed by atoms with Crippen LogP contribution in [0.2, 0.25) is 0 Å². The highest BCUT2D eigenvalue weighted by molar-refractivity contribution is 5.75. The first kappa shape index (κ1) is 16.6. The summed E-state index contributed by atoms with van der Waals surface area (Å²) in [7, 11) is 0. The highest BCUT2D eigenvalue weighted by atomic mass is 16.5. The molecule has 24 heavy (non-hydrogen) atoms. The molecule has 136 valence electrons. The largest absolute Gasteiger partial charge is 0.376 e. The molecule has 0 radical (unpaired) electrons. The average molecular weight is 335 g/mol. The molecule has 2 heterocycles. The molecule has 5 heteroatoms. The van der Waals surface area contributed by atoms with Crippen LogP contribution in [0.4, 0.5) is 4.79 Å². The van der Waals surface area contributed by atoms with Crippen molar-refractivity contribution in [1.82, 2.24) is 15.1 Å². The van der Waals surface area contributed by atoms with Crippen LogP contribution in [0.15, 0.2) is 0 Å². The molecule has 0 aromatic heterocycles. The molecular weight excluding hydrogens is 302 g/mol. The zero-order chi connectivity index (χ0) is 16.4. The smallest absolute Gasteiger partial charge is 0.317 e. The van der Waals surface area contributed by atoms with Crippen LogP contribution >= 0.6 is 0 Å². The molecule has 4 aliphatic rings. The molecule has 2 aliphatic carbocycles. The van der Waals surface area contributed by atoms with Gasteiger partial charge in [0.1, 0.15) is 0 Å². The van der Waals surface area contributed by atoms with E-state index in [0.29, 0.717) is 12.1 Å². The summed E-state index contributed by atoms with van der Waals surface area (Å²) in [6.07, 6.45) is 12.4. The van der Waals surface area contributed by atoms with E-state index >= 15 is 0 Å². The fourth-order valence-corrected chi connectivity index (χ4v) is 4.73. The van der Waals surface area contributed by atoms with Crippen molar-refractivity contribution in [3.8, 4) is 0 Å². The highest BCUT2D eigenvalue weighted by Crippen LogP contribution is 2.30. The number of urea groups is 1. The second-order valence-electron chi connectivity index (χ2n) is 8.22. The summed E-state index contributed by atoms with van der Waals surface area (Å²) in [6.45, 7) is 3.97. The van der Waals surface area contributed by atoms with Gasteiger partial charge >= 0.3 is 6.03 Å². The van der Waals surface area contributed by atoms with E-state index in [0.717, 1.165) is 58.0 Å². The maximum absolute atomic E-state index is 13.0. The fourth-order valence-electron chi connectivity index (χ4n) is 4.73. The molecule has 1 N–H and O–H groups in total. The minimum absolute atomic E-state index is 0.169. The minimum Gasteiger partial charge on any atom is -0.376 e. The van der Waals surface area contributed by atoms with Gasteiger partial charge in [0, 0.05) is 44.4 Å². The molecule has 5 nitrogen and oxygen atoms in total. The third-order valence-corrected chi connectivity index (χ3v) is 6.37. The van der Waals surface area contributed by atoms with Crippen molar-refractivity contribution in [2.24, 2.45) is 0 Å². The normalized spacial score (nSPS) is 29.9. The quantitative estimate of drug-likeness (QED) is 0.840. The molecule has 0 aromatic rings. The van der Waals surface area contributed by atoms with E-state index in [9.17, 15) is 4.79 Å². The Morgan fingerprint density at radius 1 is 1.00 bits per heavy atom. The minimum atomic E-state index is 0.169. The summed E-state index contributed by atoms with van der Waals surface area (Å²) in [5.41, 5.74) is 0. The van der Waals surface area contributed by atoms with Crippen molar-refractivity contribution in [3.05, 3.63) is 0 Å². The topological polar surface area (TPSA) is 44.8 Å². The van der Waals surface area contributed by atoms with Crippen LogP contribution in [-0.2, 0) is 4.74 Å². The molecule has 0 bridgehead atoms. The van der Waals surface area contributed by atoms with Crippen molar-refractivity contribution >= 4 is 6.03 Å². The van der Waals surface area contributed by atoms with E-state index < -0.39 is 0 Å². The second-order valence-corrected chi connectivity index (χ2v) is 8.22. The molecule has 1 atom stereocenters. The monoisotopic (exact) mass is 335 g/mol. The standard InChI is InChI=1S/C19H33N3O2/c23-19(20-15-9-11-21(12-10-15)16-7-8-16)22(17-4-1-2-5-17)14-18-6-3-13-24-18/h15-18H,1-14H2,(H,20,23)/t18-/m0/s1. The van der Waals surface area contributed by atoms with E-state index in [4.69, 9.17) is 4.74 Å². The highest BCUT2D eigenvalue weighted by Gasteiger charge is 2.34. The van der Waals surface area contributed by atoms with Crippen LogP contribution in [0.25, 0.3) is 0 Å². The Balaban J connectivity index is 1.30. The van der Waals surface area contributed by atoms with Crippen molar-refractivity contribution in [2.45, 2.75) is 88.4 Å². The van der Waals surface area contributed by atoms with Gasteiger partial charge in [-0.25, -0.2) is 4.79 Å². The van der Waals surface area contributed by atoms with Crippen molar-refractivity contribution in [3.63, 3.8) is 0 Å². The zero-order valence-corrected chi connectivity index (χ0v) is 14.9. The number of rotatable bonds is 5. The number of nitrogens with one attached hydrogen (secondary N) is 1. The van der Waals surface area contributed by atoms with Crippen LogP contribution in [0, 0.1) is 0 Å². The molecule has 2 saturated carbocycles. The fraction of sp³-hybridized carbons (Fsp3) is 0.947. The first-order valence-electron chi connectivity index (χ1n) is 10.2. The van der Waals surface area contributed by atoms with Gasteiger partial charge in [-0.2, -0.15) is 0 Å². The van der Waals surface area contributed by atoms with Gasteiger partial charge in [0.15, 0.2) is 0 Å². The number of likely N-dealkylation sites (tertiary alicyclic amines) is 1. The molecule has 0 spiro atoms. The Labute approximate surface area is 146 Å². The van der Waals surface area contributed by atoms with E-state index in [2.05, 4.69) is 15.1 Å². The van der Waals surface area contributed by atoms with Gasteiger partial charge in [-0.15, -0.1) is 0 Å². The van der Waals surface area contributed by atoms with Crippen LogP contribution in [0.3, 0.4) is 0 Å². The lowest BCUT2D eigenvalue weighted by Gasteiger charge is -2.36. The third-order valence-electron chi connectivity index (χ3n) is 6.37. The Morgan fingerprint density at radius 2 is 1.75 bits per heavy atom. The van der Waals surface area contributed by atoms with E-state index in [1.807, 2.05) is 0 Å². The lowest BCUT2D eigenvalue weighted by molar-refractivity contribution is 0.0682. The second kappa shape index (κ2) is 7.61. The molecule has 2 amide bonds. The van der Waals surface area contributed by atoms with Crippen LogP contribution in [0.5, 0.6) is 0 Å². The van der Waals surface area contributed by atoms with Crippen molar-refractivity contribution < 1.29 is 9.53 Å². The molecule has 2 aliphatic heterocycles. The summed E-state index contributed by atoms with van der Waals surface area (Å²) < 4.78 is 5.80. The Hall–Kier alpha value is -0.810. The summed E-state index contributed by atoms with van der Waals surface area (Å²) in [5.74, 6) is 0. The summed E-state index contributed by atoms with van der Waals surface area (Å²) >= 11 is 0. The third kappa shape index (κ3) is 4.05. The van der Waals surface area contributed by atoms with Gasteiger partial charge in [0.25, 0.3) is 0 Å². The maximum Gasteiger partial charge on any atom is 0.317 e. The van der Waals surface area contributed by atoms with Gasteiger partial charge in [-0.3, -0.25) is 0 Å². The molecule has 4 rings (SSSR count). The maximum atomic E-state index is 13.0. The van der Waals surface area contributed by atoms with E-state index in [1.54, 1.807) is 0 Å². The van der Waals surface area contributed by atoms with Gasteiger partial charge in [-0.1, -0.05) is 12.8 Å². The predicted molar refractivity (Wildman–Crippen MR) is 94.1 cm³/mol. The lowest BCUT2D eigenvalue weighted by atomic mass is 10.0. The Kier molecular flexibility index (Phi) is 5.28. The van der Waals surface area contributed by atoms with Crippen LogP contribution in [-0.4, -0.2) is 66.3 Å². The van der Waals surface area contributed by atoms with Crippen LogP contribution < -0.4 is 5.32 Å². The Morgan fingerprint density at radius 3 is 2.38 bits per heavy atom. The molecule has 4 fully saturated rings. The number of amides is 2. The molecular formula is C19H33N3O2. The molecule has 2 saturated heterocycles. The number of hydrogen-bond acceptors (Lipinski definition) is 3. The van der Waals surface area contributed by atoms with Gasteiger partial charge in [0.05, 0.1) is 6.10 Å². The Bertz CT molecular complexity index is 420. The number of carbonyl (C=O) groups is 1. The molecule has 0 aromatic carbocycles. The summed E-state index contributed by atoms with van der Waals surface area (Å²) in [5, 5.41) is 3.35. The summed E-state index contributed by atoms with van der Waals surface area (Å²) in [6, 6.07) is 1.82. The SMILES string of the molecule is O=C(NC1CCN(C2CC2)CC1)N(C[C@@H]1CCCO1)C1CCCC1. The van der Waals surface area contributed by atoms with Gasteiger partial charge in [-0.05, 0) is 51.4 Å². The first-order valence-corrected chi connectivity index (χ1v) is 10.2. The summed E-state index contributed by atoms with van der Waals surface area (Å²) in [4.78, 5) is 17.7. The number of hydrogen-bond donors (Lipinski definition) is 1. The predicted octanol–water partition coefficient (Wildman–Crippen LogP) is 2.75. The average Bonchev–Trinajstić information content (AvgIpc) is 3.08. The van der Waals surface area contributed by atoms with Gasteiger partial charge < -0.3 is 19.9 Å². The number of piperidine rings is 1. The number of carbonyl (C=O) groups excluding carboxylic acids is 1. The van der Waals surface area contributed by atoms with Gasteiger partial charge in [0.2, 0.25) is 0 Å². The number of ether oxygens (including phenoxy) is 1. The number of nitrogens with zero attached hydrogens (tertiary/aromatic N) is 2. The van der Waals surface area contributed by atoms with E-state index in [1.165, 1.54) is 38.5 Å². The first-order chi connectivity index (χ1) is 11.8. The van der Waals surface area contributed by atoms with Crippen molar-refractivity contribution in [1.29, 1.82) is 0 Å². The lowest BCUT2D eigenvalue weighted by Crippen LogP contribution is -2.53. The molecule has 0 unspecified atom stereocenters. The van der Waals surface area contributed by atoms with Crippen molar-refractivity contribution in [2.75, 3.05) is 26.2 Å². The van der Waals surface area contributed by atoms with Crippen LogP contribution in [0.1, 0.15) is 64.2 Å². The van der Waals surface area contributed by atoms with E-state index in [-0.39, 0.29) is 12.1 Å².